The summed E-state index contributed by atoms with van der Waals surface area (Å²) in [5.41, 5.74) is 0.0835. The van der Waals surface area contributed by atoms with Gasteiger partial charge in [0.1, 0.15) is 0 Å². The van der Waals surface area contributed by atoms with Crippen molar-refractivity contribution < 1.29 is 4.79 Å². The molecular formula is C11H22N2O. The van der Waals surface area contributed by atoms with Crippen molar-refractivity contribution in [2.75, 3.05) is 19.6 Å². The molecule has 14 heavy (non-hydrogen) atoms. The van der Waals surface area contributed by atoms with E-state index in [-0.39, 0.29) is 11.4 Å². The van der Waals surface area contributed by atoms with Gasteiger partial charge in [-0.15, -0.1) is 0 Å². The lowest BCUT2D eigenvalue weighted by Crippen LogP contribution is -2.59. The third kappa shape index (κ3) is 3.29. The summed E-state index contributed by atoms with van der Waals surface area (Å²) >= 11 is 0. The summed E-state index contributed by atoms with van der Waals surface area (Å²) in [6.07, 6.45) is 3.57. The van der Waals surface area contributed by atoms with Crippen LogP contribution in [0.3, 0.4) is 0 Å². The SMILES string of the molecule is CCCCCN1CC(C)(C)NCC1=O. The average molecular weight is 198 g/mol. The van der Waals surface area contributed by atoms with E-state index >= 15 is 0 Å². The molecule has 0 aromatic carbocycles. The molecule has 1 fully saturated rings. The summed E-state index contributed by atoms with van der Waals surface area (Å²) in [6, 6.07) is 0. The molecule has 0 aliphatic carbocycles. The maximum absolute atomic E-state index is 11.5. The molecule has 1 heterocycles. The predicted molar refractivity (Wildman–Crippen MR) is 58.2 cm³/mol. The molecule has 0 atom stereocenters. The molecule has 0 saturated carbocycles. The van der Waals surface area contributed by atoms with Gasteiger partial charge >= 0.3 is 0 Å². The Balaban J connectivity index is 2.37. The molecular weight excluding hydrogens is 176 g/mol. The first-order valence-electron chi connectivity index (χ1n) is 5.58. The van der Waals surface area contributed by atoms with Crippen LogP contribution in [0.15, 0.2) is 0 Å². The molecule has 0 bridgehead atoms. The van der Waals surface area contributed by atoms with Crippen LogP contribution >= 0.6 is 0 Å². The summed E-state index contributed by atoms with van der Waals surface area (Å²) in [7, 11) is 0. The van der Waals surface area contributed by atoms with Crippen LogP contribution in [-0.2, 0) is 4.79 Å². The second-order valence-corrected chi connectivity index (χ2v) is 4.76. The normalized spacial score (nSPS) is 21.4. The summed E-state index contributed by atoms with van der Waals surface area (Å²) in [5, 5.41) is 3.24. The van der Waals surface area contributed by atoms with Gasteiger partial charge in [0.2, 0.25) is 5.91 Å². The van der Waals surface area contributed by atoms with E-state index in [1.807, 2.05) is 4.90 Å². The number of carbonyl (C=O) groups is 1. The van der Waals surface area contributed by atoms with Gasteiger partial charge in [0.15, 0.2) is 0 Å². The van der Waals surface area contributed by atoms with Crippen LogP contribution in [0.4, 0.5) is 0 Å². The number of amides is 1. The number of carbonyl (C=O) groups excluding carboxylic acids is 1. The maximum atomic E-state index is 11.5. The fraction of sp³-hybridized carbons (Fsp3) is 0.909. The molecule has 0 radical (unpaired) electrons. The Morgan fingerprint density at radius 3 is 2.79 bits per heavy atom. The van der Waals surface area contributed by atoms with Crippen molar-refractivity contribution in [2.24, 2.45) is 0 Å². The minimum Gasteiger partial charge on any atom is -0.340 e. The number of unbranched alkanes of at least 4 members (excludes halogenated alkanes) is 2. The summed E-state index contributed by atoms with van der Waals surface area (Å²) in [5.74, 6) is 0.250. The van der Waals surface area contributed by atoms with Crippen LogP contribution in [0.2, 0.25) is 0 Å². The highest BCUT2D eigenvalue weighted by Gasteiger charge is 2.29. The van der Waals surface area contributed by atoms with Crippen molar-refractivity contribution >= 4 is 5.91 Å². The van der Waals surface area contributed by atoms with Crippen LogP contribution in [0.1, 0.15) is 40.0 Å². The van der Waals surface area contributed by atoms with Crippen molar-refractivity contribution in [3.63, 3.8) is 0 Å². The molecule has 1 rings (SSSR count). The molecule has 3 nitrogen and oxygen atoms in total. The Morgan fingerprint density at radius 2 is 2.14 bits per heavy atom. The van der Waals surface area contributed by atoms with E-state index in [9.17, 15) is 4.79 Å². The van der Waals surface area contributed by atoms with Crippen molar-refractivity contribution in [2.45, 2.75) is 45.6 Å². The highest BCUT2D eigenvalue weighted by molar-refractivity contribution is 5.79. The van der Waals surface area contributed by atoms with Gasteiger partial charge in [-0.2, -0.15) is 0 Å². The first-order chi connectivity index (χ1) is 6.55. The number of nitrogens with one attached hydrogen (secondary N) is 1. The first kappa shape index (κ1) is 11.5. The number of rotatable bonds is 4. The van der Waals surface area contributed by atoms with E-state index in [2.05, 4.69) is 26.1 Å². The molecule has 0 aromatic heterocycles. The average Bonchev–Trinajstić information content (AvgIpc) is 2.11. The standard InChI is InChI=1S/C11H22N2O/c1-4-5-6-7-13-9-11(2,3)12-8-10(13)14/h12H,4-9H2,1-3H3. The predicted octanol–water partition coefficient (Wildman–Crippen LogP) is 1.39. The number of piperazine rings is 1. The van der Waals surface area contributed by atoms with E-state index in [1.165, 1.54) is 12.8 Å². The van der Waals surface area contributed by atoms with E-state index in [1.54, 1.807) is 0 Å². The Hall–Kier alpha value is -0.570. The zero-order valence-corrected chi connectivity index (χ0v) is 9.60. The van der Waals surface area contributed by atoms with E-state index in [4.69, 9.17) is 0 Å². The molecule has 0 spiro atoms. The van der Waals surface area contributed by atoms with Crippen LogP contribution in [0, 0.1) is 0 Å². The van der Waals surface area contributed by atoms with Crippen molar-refractivity contribution in [3.05, 3.63) is 0 Å². The fourth-order valence-corrected chi connectivity index (χ4v) is 1.80. The molecule has 1 aliphatic rings. The van der Waals surface area contributed by atoms with E-state index in [0.717, 1.165) is 19.5 Å². The Kier molecular flexibility index (Phi) is 3.93. The Labute approximate surface area is 86.9 Å². The largest absolute Gasteiger partial charge is 0.340 e. The second-order valence-electron chi connectivity index (χ2n) is 4.76. The van der Waals surface area contributed by atoms with Crippen LogP contribution in [-0.4, -0.2) is 36.0 Å². The highest BCUT2D eigenvalue weighted by Crippen LogP contribution is 2.11. The first-order valence-corrected chi connectivity index (χ1v) is 5.58. The van der Waals surface area contributed by atoms with E-state index in [0.29, 0.717) is 6.54 Å². The lowest BCUT2D eigenvalue weighted by molar-refractivity contribution is -0.134. The molecule has 1 aliphatic heterocycles. The summed E-state index contributed by atoms with van der Waals surface area (Å²) in [6.45, 7) is 8.74. The molecule has 1 amide bonds. The van der Waals surface area contributed by atoms with Gasteiger partial charge in [0.05, 0.1) is 6.54 Å². The number of nitrogens with zero attached hydrogens (tertiary/aromatic N) is 1. The minimum atomic E-state index is 0.0835. The molecule has 0 unspecified atom stereocenters. The second kappa shape index (κ2) is 4.78. The smallest absolute Gasteiger partial charge is 0.236 e. The quantitative estimate of drug-likeness (QED) is 0.692. The molecule has 82 valence electrons. The Morgan fingerprint density at radius 1 is 1.43 bits per heavy atom. The topological polar surface area (TPSA) is 32.3 Å². The van der Waals surface area contributed by atoms with Gasteiger partial charge in [-0.05, 0) is 20.3 Å². The minimum absolute atomic E-state index is 0.0835. The molecule has 3 heteroatoms. The van der Waals surface area contributed by atoms with Gasteiger partial charge < -0.3 is 10.2 Å². The van der Waals surface area contributed by atoms with Gasteiger partial charge in [0, 0.05) is 18.6 Å². The van der Waals surface area contributed by atoms with Gasteiger partial charge in [-0.3, -0.25) is 4.79 Å². The van der Waals surface area contributed by atoms with Crippen molar-refractivity contribution in [1.82, 2.24) is 10.2 Å². The maximum Gasteiger partial charge on any atom is 0.236 e. The van der Waals surface area contributed by atoms with Crippen molar-refractivity contribution in [3.8, 4) is 0 Å². The lowest BCUT2D eigenvalue weighted by atomic mass is 10.0. The summed E-state index contributed by atoms with van der Waals surface area (Å²) in [4.78, 5) is 13.5. The van der Waals surface area contributed by atoms with Crippen LogP contribution in [0.5, 0.6) is 0 Å². The van der Waals surface area contributed by atoms with Gasteiger partial charge in [-0.1, -0.05) is 19.8 Å². The Bertz CT molecular complexity index is 201. The molecule has 0 aromatic rings. The van der Waals surface area contributed by atoms with Crippen LogP contribution in [0.25, 0.3) is 0 Å². The monoisotopic (exact) mass is 198 g/mol. The zero-order valence-electron chi connectivity index (χ0n) is 9.60. The fourth-order valence-electron chi connectivity index (χ4n) is 1.80. The zero-order chi connectivity index (χ0) is 10.6. The lowest BCUT2D eigenvalue weighted by Gasteiger charge is -2.38. The molecule has 1 saturated heterocycles. The van der Waals surface area contributed by atoms with Crippen LogP contribution < -0.4 is 5.32 Å². The summed E-state index contributed by atoms with van der Waals surface area (Å²) < 4.78 is 0. The van der Waals surface area contributed by atoms with Crippen molar-refractivity contribution in [1.29, 1.82) is 0 Å². The van der Waals surface area contributed by atoms with E-state index < -0.39 is 0 Å². The number of hydrogen-bond acceptors (Lipinski definition) is 2. The third-order valence-corrected chi connectivity index (χ3v) is 2.69. The number of hydrogen-bond donors (Lipinski definition) is 1. The third-order valence-electron chi connectivity index (χ3n) is 2.69. The van der Waals surface area contributed by atoms with Gasteiger partial charge in [-0.25, -0.2) is 0 Å². The van der Waals surface area contributed by atoms with Gasteiger partial charge in [0.25, 0.3) is 0 Å². The molecule has 1 N–H and O–H groups in total. The highest BCUT2D eigenvalue weighted by atomic mass is 16.2.